The van der Waals surface area contributed by atoms with Gasteiger partial charge in [0.1, 0.15) is 6.04 Å². The first kappa shape index (κ1) is 24.8. The highest BCUT2D eigenvalue weighted by Gasteiger charge is 2.38. The van der Waals surface area contributed by atoms with E-state index in [-0.39, 0.29) is 5.56 Å². The molecule has 0 spiro atoms. The predicted octanol–water partition coefficient (Wildman–Crippen LogP) is 1.99. The Kier molecular flexibility index (Phi) is 7.89. The number of nitrogens with one attached hydrogen (secondary N) is 4. The molecule has 2 aromatic carbocycles. The molecule has 0 aliphatic heterocycles. The smallest absolute Gasteiger partial charge is 0.405 e. The molecule has 1 fully saturated rings. The van der Waals surface area contributed by atoms with Crippen molar-refractivity contribution in [3.8, 4) is 11.8 Å². The van der Waals surface area contributed by atoms with Crippen molar-refractivity contribution in [1.82, 2.24) is 21.4 Å². The fourth-order valence-corrected chi connectivity index (χ4v) is 3.31. The molecule has 0 radical (unpaired) electrons. The minimum absolute atomic E-state index is 0.250. The molecule has 1 atom stereocenters. The van der Waals surface area contributed by atoms with E-state index in [9.17, 15) is 14.4 Å². The first-order valence-corrected chi connectivity index (χ1v) is 10.9. The van der Waals surface area contributed by atoms with Crippen molar-refractivity contribution in [1.29, 1.82) is 0 Å². The van der Waals surface area contributed by atoms with Crippen molar-refractivity contribution in [2.45, 2.75) is 50.9 Å². The summed E-state index contributed by atoms with van der Waals surface area (Å²) in [6.45, 7) is 3.68. The average molecular weight is 465 g/mol. The van der Waals surface area contributed by atoms with Crippen LogP contribution in [0.3, 0.4) is 0 Å². The van der Waals surface area contributed by atoms with Gasteiger partial charge in [-0.05, 0) is 68.7 Å². The molecule has 0 aromatic heterocycles. The summed E-state index contributed by atoms with van der Waals surface area (Å²) in [7, 11) is 0. The molecule has 2 aromatic rings. The van der Waals surface area contributed by atoms with Gasteiger partial charge in [-0.15, -0.1) is 0 Å². The number of hydrogen-bond donors (Lipinski definition) is 6. The van der Waals surface area contributed by atoms with Gasteiger partial charge in [-0.2, -0.15) is 0 Å². The molecule has 9 heteroatoms. The Morgan fingerprint density at radius 1 is 1.00 bits per heavy atom. The van der Waals surface area contributed by atoms with Crippen LogP contribution in [0.15, 0.2) is 48.5 Å². The standard InChI is InChI=1S/C25H28N4O5/c1-25(2,28-24(32)33)21(23(31)29-34)27-22(30)19-11-9-17(10-12-19)4-3-16-5-7-18(8-6-16)15-26-20-13-14-20/h5-12,20-21,26,28,34H,13-15H2,1-2H3,(H,27,30)(H,29,31)(H,32,33)/t21-/m1/s1. The molecular weight excluding hydrogens is 436 g/mol. The maximum Gasteiger partial charge on any atom is 0.405 e. The molecule has 1 aliphatic carbocycles. The van der Waals surface area contributed by atoms with E-state index >= 15 is 0 Å². The quantitative estimate of drug-likeness (QED) is 0.201. The molecule has 0 unspecified atom stereocenters. The van der Waals surface area contributed by atoms with Crippen molar-refractivity contribution >= 4 is 17.9 Å². The minimum atomic E-state index is -1.39. The summed E-state index contributed by atoms with van der Waals surface area (Å²) in [6.07, 6.45) is 1.13. The number of carbonyl (C=O) groups is 3. The zero-order chi connectivity index (χ0) is 24.7. The van der Waals surface area contributed by atoms with Gasteiger partial charge in [0.05, 0.1) is 5.54 Å². The SMILES string of the molecule is CC(C)(NC(=O)O)[C@H](NC(=O)c1ccc(C#Cc2ccc(CNC3CC3)cc2)cc1)C(=O)NO. The number of hydrogen-bond acceptors (Lipinski definition) is 5. The summed E-state index contributed by atoms with van der Waals surface area (Å²) in [5.74, 6) is 4.58. The maximum atomic E-state index is 12.6. The second-order valence-corrected chi connectivity index (χ2v) is 8.71. The van der Waals surface area contributed by atoms with Gasteiger partial charge in [-0.1, -0.05) is 24.0 Å². The molecule has 9 nitrogen and oxygen atoms in total. The lowest BCUT2D eigenvalue weighted by molar-refractivity contribution is -0.132. The predicted molar refractivity (Wildman–Crippen MR) is 125 cm³/mol. The van der Waals surface area contributed by atoms with Crippen LogP contribution in [0.25, 0.3) is 0 Å². The molecule has 1 saturated carbocycles. The van der Waals surface area contributed by atoms with E-state index in [0.717, 1.165) is 12.1 Å². The Morgan fingerprint density at radius 3 is 2.06 bits per heavy atom. The van der Waals surface area contributed by atoms with E-state index < -0.39 is 29.5 Å². The van der Waals surface area contributed by atoms with E-state index in [0.29, 0.717) is 11.6 Å². The number of carbonyl (C=O) groups excluding carboxylic acids is 2. The summed E-state index contributed by atoms with van der Waals surface area (Å²) in [5.41, 5.74) is 3.11. The third kappa shape index (κ3) is 7.07. The van der Waals surface area contributed by atoms with Crippen LogP contribution in [-0.4, -0.2) is 45.8 Å². The molecular formula is C25H28N4O5. The van der Waals surface area contributed by atoms with Gasteiger partial charge >= 0.3 is 6.09 Å². The van der Waals surface area contributed by atoms with Gasteiger partial charge in [0.2, 0.25) is 0 Å². The summed E-state index contributed by atoms with van der Waals surface area (Å²) >= 11 is 0. The molecule has 34 heavy (non-hydrogen) atoms. The largest absolute Gasteiger partial charge is 0.465 e. The Labute approximate surface area is 197 Å². The van der Waals surface area contributed by atoms with Crippen LogP contribution in [0.2, 0.25) is 0 Å². The highest BCUT2D eigenvalue weighted by molar-refractivity contribution is 5.98. The summed E-state index contributed by atoms with van der Waals surface area (Å²) in [4.78, 5) is 35.7. The molecule has 3 amide bonds. The Balaban J connectivity index is 1.63. The monoisotopic (exact) mass is 464 g/mol. The third-order valence-corrected chi connectivity index (χ3v) is 5.42. The second-order valence-electron chi connectivity index (χ2n) is 8.71. The van der Waals surface area contributed by atoms with Crippen LogP contribution in [0.1, 0.15) is 53.7 Å². The highest BCUT2D eigenvalue weighted by atomic mass is 16.5. The lowest BCUT2D eigenvalue weighted by Gasteiger charge is -2.33. The van der Waals surface area contributed by atoms with Crippen LogP contribution in [-0.2, 0) is 11.3 Å². The summed E-state index contributed by atoms with van der Waals surface area (Å²) in [6, 6.07) is 13.8. The molecule has 1 aliphatic rings. The molecule has 6 N–H and O–H groups in total. The molecule has 0 bridgehead atoms. The normalized spacial score (nSPS) is 13.7. The van der Waals surface area contributed by atoms with E-state index in [1.54, 1.807) is 24.3 Å². The summed E-state index contributed by atoms with van der Waals surface area (Å²) in [5, 5.41) is 26.1. The first-order valence-electron chi connectivity index (χ1n) is 10.9. The van der Waals surface area contributed by atoms with Gasteiger partial charge < -0.3 is 21.1 Å². The Bertz CT molecular complexity index is 1100. The van der Waals surface area contributed by atoms with Crippen LogP contribution >= 0.6 is 0 Å². The Morgan fingerprint density at radius 2 is 1.56 bits per heavy atom. The van der Waals surface area contributed by atoms with E-state index in [2.05, 4.69) is 27.8 Å². The van der Waals surface area contributed by atoms with Gasteiger partial charge in [0.15, 0.2) is 0 Å². The number of hydroxylamine groups is 1. The fraction of sp³-hybridized carbons (Fsp3) is 0.320. The highest BCUT2D eigenvalue weighted by Crippen LogP contribution is 2.19. The molecule has 3 rings (SSSR count). The fourth-order valence-electron chi connectivity index (χ4n) is 3.31. The molecule has 0 heterocycles. The lowest BCUT2D eigenvalue weighted by Crippen LogP contribution is -2.64. The number of carboxylic acid groups (broad SMARTS) is 1. The third-order valence-electron chi connectivity index (χ3n) is 5.42. The topological polar surface area (TPSA) is 140 Å². The number of amides is 3. The van der Waals surface area contributed by atoms with Crippen molar-refractivity contribution in [2.24, 2.45) is 0 Å². The second kappa shape index (κ2) is 10.8. The number of rotatable bonds is 8. The molecule has 178 valence electrons. The number of benzene rings is 2. The van der Waals surface area contributed by atoms with Crippen LogP contribution in [0.4, 0.5) is 4.79 Å². The first-order chi connectivity index (χ1) is 16.2. The molecule has 0 saturated heterocycles. The van der Waals surface area contributed by atoms with Crippen molar-refractivity contribution < 1.29 is 24.7 Å². The zero-order valence-corrected chi connectivity index (χ0v) is 19.0. The van der Waals surface area contributed by atoms with Gasteiger partial charge in [0.25, 0.3) is 11.8 Å². The zero-order valence-electron chi connectivity index (χ0n) is 19.0. The minimum Gasteiger partial charge on any atom is -0.465 e. The van der Waals surface area contributed by atoms with Crippen molar-refractivity contribution in [3.63, 3.8) is 0 Å². The van der Waals surface area contributed by atoms with E-state index in [4.69, 9.17) is 10.3 Å². The Hall–Kier alpha value is -3.87. The van der Waals surface area contributed by atoms with Crippen LogP contribution in [0, 0.1) is 11.8 Å². The van der Waals surface area contributed by atoms with Gasteiger partial charge in [0, 0.05) is 29.3 Å². The van der Waals surface area contributed by atoms with Crippen LogP contribution in [0.5, 0.6) is 0 Å². The maximum absolute atomic E-state index is 12.6. The average Bonchev–Trinajstić information content (AvgIpc) is 3.64. The van der Waals surface area contributed by atoms with Crippen molar-refractivity contribution in [2.75, 3.05) is 0 Å². The van der Waals surface area contributed by atoms with Gasteiger partial charge in [-0.3, -0.25) is 14.8 Å². The van der Waals surface area contributed by atoms with Crippen molar-refractivity contribution in [3.05, 3.63) is 70.8 Å². The lowest BCUT2D eigenvalue weighted by atomic mass is 9.93. The summed E-state index contributed by atoms with van der Waals surface area (Å²) < 4.78 is 0. The van der Waals surface area contributed by atoms with Gasteiger partial charge in [-0.25, -0.2) is 10.3 Å². The van der Waals surface area contributed by atoms with E-state index in [1.165, 1.54) is 37.7 Å². The van der Waals surface area contributed by atoms with Crippen LogP contribution < -0.4 is 21.4 Å². The van der Waals surface area contributed by atoms with E-state index in [1.807, 2.05) is 24.3 Å².